The number of nitrogens with one attached hydrogen (secondary N) is 2. The summed E-state index contributed by atoms with van der Waals surface area (Å²) in [5.41, 5.74) is 3.45. The van der Waals surface area contributed by atoms with Crippen LogP contribution in [0.15, 0.2) is 30.7 Å². The molecule has 1 saturated heterocycles. The van der Waals surface area contributed by atoms with Crippen molar-refractivity contribution in [2.24, 2.45) is 11.3 Å². The first kappa shape index (κ1) is 25.0. The molecule has 34 heavy (non-hydrogen) atoms. The fourth-order valence-electron chi connectivity index (χ4n) is 5.09. The zero-order valence-electron chi connectivity index (χ0n) is 20.6. The standard InChI is InChI=1S/C27H39FN4O2/c1-27(7-10-34-11-8-27)19-32-24-14-21(16-29-17-24)25-15-23(31-18-26(25)28)13-20-3-5-22(6-4-20)30-9-12-33-2/h14-18,20,22,30,32H,3-13,19H2,1-2H3. The van der Waals surface area contributed by atoms with Crippen LogP contribution in [0.1, 0.15) is 51.1 Å². The highest BCUT2D eigenvalue weighted by atomic mass is 19.1. The van der Waals surface area contributed by atoms with Crippen LogP contribution >= 0.6 is 0 Å². The maximum absolute atomic E-state index is 14.8. The van der Waals surface area contributed by atoms with Crippen LogP contribution in [0.4, 0.5) is 10.1 Å². The molecule has 2 aromatic rings. The number of halogens is 1. The highest BCUT2D eigenvalue weighted by molar-refractivity contribution is 5.67. The smallest absolute Gasteiger partial charge is 0.149 e. The van der Waals surface area contributed by atoms with Gasteiger partial charge in [-0.1, -0.05) is 6.92 Å². The highest BCUT2D eigenvalue weighted by Crippen LogP contribution is 2.32. The summed E-state index contributed by atoms with van der Waals surface area (Å²) in [6, 6.07) is 4.49. The minimum Gasteiger partial charge on any atom is -0.383 e. The van der Waals surface area contributed by atoms with E-state index in [1.54, 1.807) is 13.3 Å². The Morgan fingerprint density at radius 2 is 1.91 bits per heavy atom. The number of pyridine rings is 2. The van der Waals surface area contributed by atoms with Gasteiger partial charge in [0.05, 0.1) is 18.5 Å². The van der Waals surface area contributed by atoms with Crippen LogP contribution in [-0.2, 0) is 15.9 Å². The Labute approximate surface area is 203 Å². The summed E-state index contributed by atoms with van der Waals surface area (Å²) in [5.74, 6) is 0.294. The van der Waals surface area contributed by atoms with Crippen molar-refractivity contribution in [1.82, 2.24) is 15.3 Å². The third kappa shape index (κ3) is 6.96. The lowest BCUT2D eigenvalue weighted by atomic mass is 9.82. The minimum atomic E-state index is -0.301. The minimum absolute atomic E-state index is 0.210. The predicted molar refractivity (Wildman–Crippen MR) is 133 cm³/mol. The Balaban J connectivity index is 1.36. The van der Waals surface area contributed by atoms with E-state index < -0.39 is 0 Å². The fourth-order valence-corrected chi connectivity index (χ4v) is 5.09. The van der Waals surface area contributed by atoms with Crippen molar-refractivity contribution in [3.8, 4) is 11.1 Å². The van der Waals surface area contributed by atoms with Crippen molar-refractivity contribution in [2.75, 3.05) is 45.3 Å². The van der Waals surface area contributed by atoms with Crippen LogP contribution in [-0.4, -0.2) is 56.0 Å². The van der Waals surface area contributed by atoms with Crippen LogP contribution in [0.3, 0.4) is 0 Å². The van der Waals surface area contributed by atoms with Crippen molar-refractivity contribution >= 4 is 5.69 Å². The van der Waals surface area contributed by atoms with Gasteiger partial charge in [-0.2, -0.15) is 0 Å². The van der Waals surface area contributed by atoms with Gasteiger partial charge >= 0.3 is 0 Å². The monoisotopic (exact) mass is 470 g/mol. The molecule has 0 unspecified atom stereocenters. The molecule has 1 aliphatic heterocycles. The molecule has 2 aliphatic rings. The molecule has 2 aromatic heterocycles. The Morgan fingerprint density at radius 3 is 2.68 bits per heavy atom. The fraction of sp³-hybridized carbons (Fsp3) is 0.630. The van der Waals surface area contributed by atoms with Gasteiger partial charge in [-0.3, -0.25) is 9.97 Å². The van der Waals surface area contributed by atoms with Gasteiger partial charge in [0.1, 0.15) is 5.82 Å². The van der Waals surface area contributed by atoms with Gasteiger partial charge in [0.25, 0.3) is 0 Å². The molecule has 0 radical (unpaired) electrons. The Kier molecular flexibility index (Phi) is 8.86. The van der Waals surface area contributed by atoms with Crippen LogP contribution in [0, 0.1) is 17.2 Å². The van der Waals surface area contributed by atoms with Crippen molar-refractivity contribution in [1.29, 1.82) is 0 Å². The molecule has 6 nitrogen and oxygen atoms in total. The largest absolute Gasteiger partial charge is 0.383 e. The van der Waals surface area contributed by atoms with Gasteiger partial charge < -0.3 is 20.1 Å². The summed E-state index contributed by atoms with van der Waals surface area (Å²) in [7, 11) is 1.74. The van der Waals surface area contributed by atoms with Crippen LogP contribution in [0.25, 0.3) is 11.1 Å². The lowest BCUT2D eigenvalue weighted by molar-refractivity contribution is 0.0300. The topological polar surface area (TPSA) is 68.3 Å². The van der Waals surface area contributed by atoms with Crippen molar-refractivity contribution < 1.29 is 13.9 Å². The number of anilines is 1. The summed E-state index contributed by atoms with van der Waals surface area (Å²) in [4.78, 5) is 8.79. The zero-order chi connectivity index (χ0) is 23.8. The second kappa shape index (κ2) is 12.0. The molecular weight excluding hydrogens is 431 g/mol. The average molecular weight is 471 g/mol. The normalized spacial score (nSPS) is 22.4. The Hall–Kier alpha value is -2.09. The van der Waals surface area contributed by atoms with E-state index in [9.17, 15) is 4.39 Å². The number of ether oxygens (including phenoxy) is 2. The molecule has 1 saturated carbocycles. The number of hydrogen-bond donors (Lipinski definition) is 2. The second-order valence-corrected chi connectivity index (χ2v) is 10.3. The maximum atomic E-state index is 14.8. The summed E-state index contributed by atoms with van der Waals surface area (Å²) < 4.78 is 25.4. The molecule has 4 rings (SSSR count). The van der Waals surface area contributed by atoms with E-state index in [1.807, 2.05) is 18.3 Å². The van der Waals surface area contributed by atoms with Crippen molar-refractivity contribution in [3.05, 3.63) is 42.2 Å². The number of aromatic nitrogens is 2. The van der Waals surface area contributed by atoms with Crippen molar-refractivity contribution in [3.63, 3.8) is 0 Å². The summed E-state index contributed by atoms with van der Waals surface area (Å²) in [6.45, 7) is 6.43. The Bertz CT molecular complexity index is 911. The van der Waals surface area contributed by atoms with E-state index in [2.05, 4.69) is 27.5 Å². The van der Waals surface area contributed by atoms with Gasteiger partial charge in [-0.25, -0.2) is 4.39 Å². The molecule has 3 heterocycles. The Morgan fingerprint density at radius 1 is 1.12 bits per heavy atom. The van der Waals surface area contributed by atoms with Crippen molar-refractivity contribution in [2.45, 2.75) is 57.9 Å². The lowest BCUT2D eigenvalue weighted by Crippen LogP contribution is -2.35. The molecule has 186 valence electrons. The van der Waals surface area contributed by atoms with E-state index in [0.717, 1.165) is 69.1 Å². The molecule has 2 fully saturated rings. The third-order valence-electron chi connectivity index (χ3n) is 7.46. The van der Waals surface area contributed by atoms with E-state index in [4.69, 9.17) is 9.47 Å². The highest BCUT2D eigenvalue weighted by Gasteiger charge is 2.27. The molecule has 0 bridgehead atoms. The van der Waals surface area contributed by atoms with Crippen LogP contribution < -0.4 is 10.6 Å². The first-order valence-electron chi connectivity index (χ1n) is 12.7. The number of nitrogens with zero attached hydrogens (tertiary/aromatic N) is 2. The van der Waals surface area contributed by atoms with Gasteiger partial charge in [0.2, 0.25) is 0 Å². The predicted octanol–water partition coefficient (Wildman–Crippen LogP) is 4.85. The average Bonchev–Trinajstić information content (AvgIpc) is 2.86. The summed E-state index contributed by atoms with van der Waals surface area (Å²) in [6.07, 6.45) is 12.6. The van der Waals surface area contributed by atoms with E-state index >= 15 is 0 Å². The lowest BCUT2D eigenvalue weighted by Gasteiger charge is -2.33. The molecule has 0 amide bonds. The van der Waals surface area contributed by atoms with Crippen LogP contribution in [0.5, 0.6) is 0 Å². The molecule has 0 atom stereocenters. The number of rotatable bonds is 10. The molecule has 1 aliphatic carbocycles. The van der Waals surface area contributed by atoms with Gasteiger partial charge in [0.15, 0.2) is 0 Å². The summed E-state index contributed by atoms with van der Waals surface area (Å²) in [5, 5.41) is 7.09. The molecular formula is C27H39FN4O2. The van der Waals surface area contributed by atoms with Gasteiger partial charge in [0, 0.05) is 68.7 Å². The van der Waals surface area contributed by atoms with Gasteiger partial charge in [-0.15, -0.1) is 0 Å². The maximum Gasteiger partial charge on any atom is 0.149 e. The van der Waals surface area contributed by atoms with Crippen LogP contribution in [0.2, 0.25) is 0 Å². The third-order valence-corrected chi connectivity index (χ3v) is 7.46. The number of hydrogen-bond acceptors (Lipinski definition) is 6. The quantitative estimate of drug-likeness (QED) is 0.484. The SMILES string of the molecule is COCCNC1CCC(Cc2cc(-c3cncc(NCC4(C)CCOCC4)c3)c(F)cn2)CC1. The molecule has 0 spiro atoms. The molecule has 2 N–H and O–H groups in total. The molecule has 0 aromatic carbocycles. The van der Waals surface area contributed by atoms with E-state index in [0.29, 0.717) is 17.5 Å². The van der Waals surface area contributed by atoms with E-state index in [-0.39, 0.29) is 11.2 Å². The zero-order valence-corrected chi connectivity index (χ0v) is 20.6. The first-order valence-corrected chi connectivity index (χ1v) is 12.7. The summed E-state index contributed by atoms with van der Waals surface area (Å²) >= 11 is 0. The first-order chi connectivity index (χ1) is 16.5. The second-order valence-electron chi connectivity index (χ2n) is 10.3. The number of methoxy groups -OCH3 is 1. The van der Waals surface area contributed by atoms with Gasteiger partial charge in [-0.05, 0) is 68.4 Å². The molecule has 7 heteroatoms. The van der Waals surface area contributed by atoms with E-state index in [1.165, 1.54) is 31.9 Å².